The molecule has 17 heavy (non-hydrogen) atoms. The van der Waals surface area contributed by atoms with Gasteiger partial charge in [0.25, 0.3) is 5.91 Å². The number of hydrogen-bond donors (Lipinski definition) is 2. The zero-order valence-electron chi connectivity index (χ0n) is 8.65. The Balaban J connectivity index is 2.65. The molecule has 0 atom stereocenters. The molecule has 7 nitrogen and oxygen atoms in total. The third-order valence-electron chi connectivity index (χ3n) is 2.43. The molecule has 1 saturated heterocycles. The molecule has 0 aromatic rings. The van der Waals surface area contributed by atoms with Crippen LogP contribution in [0.1, 0.15) is 0 Å². The van der Waals surface area contributed by atoms with Crippen LogP contribution in [-0.2, 0) is 9.47 Å². The molecule has 0 aromatic carbocycles. The lowest BCUT2D eigenvalue weighted by atomic mass is 10.0. The smallest absolute Gasteiger partial charge is 0.282 e. The molecule has 3 N–H and O–H groups in total. The van der Waals surface area contributed by atoms with E-state index in [1.807, 2.05) is 6.07 Å². The van der Waals surface area contributed by atoms with E-state index in [1.165, 1.54) is 0 Å². The zero-order chi connectivity index (χ0) is 12.5. The normalized spacial score (nSPS) is 20.6. The number of nitrogens with one attached hydrogen (secondary N) is 1. The summed E-state index contributed by atoms with van der Waals surface area (Å²) in [7, 11) is 0. The lowest BCUT2D eigenvalue weighted by Gasteiger charge is -2.24. The van der Waals surface area contributed by atoms with Crippen LogP contribution in [0.15, 0.2) is 22.5 Å². The van der Waals surface area contributed by atoms with Crippen molar-refractivity contribution in [3.05, 3.63) is 22.5 Å². The fraction of sp³-hybridized carbons (Fsp3) is 0.300. The third-order valence-corrected chi connectivity index (χ3v) is 2.43. The molecule has 0 aliphatic carbocycles. The Hall–Kier alpha value is -2.53. The molecule has 7 heteroatoms. The van der Waals surface area contributed by atoms with E-state index in [9.17, 15) is 0 Å². The summed E-state index contributed by atoms with van der Waals surface area (Å²) in [5.74, 6) is -1.43. The second-order valence-corrected chi connectivity index (χ2v) is 3.31. The quantitative estimate of drug-likeness (QED) is 0.527. The highest BCUT2D eigenvalue weighted by Crippen LogP contribution is 2.38. The first-order chi connectivity index (χ1) is 8.18. The second-order valence-electron chi connectivity index (χ2n) is 3.31. The van der Waals surface area contributed by atoms with Gasteiger partial charge in [-0.3, -0.25) is 0 Å². The van der Waals surface area contributed by atoms with Crippen LogP contribution in [0.4, 0.5) is 0 Å². The maximum Gasteiger partial charge on any atom is 0.282 e. The van der Waals surface area contributed by atoms with Gasteiger partial charge in [-0.15, -0.1) is 0 Å². The maximum atomic E-state index is 9.00. The van der Waals surface area contributed by atoms with Gasteiger partial charge in [-0.05, 0) is 0 Å². The summed E-state index contributed by atoms with van der Waals surface area (Å²) >= 11 is 0. The van der Waals surface area contributed by atoms with Crippen molar-refractivity contribution in [2.24, 2.45) is 5.73 Å². The van der Waals surface area contributed by atoms with Crippen molar-refractivity contribution in [1.29, 1.82) is 15.8 Å². The second kappa shape index (κ2) is 3.80. The predicted molar refractivity (Wildman–Crippen MR) is 52.8 cm³/mol. The highest BCUT2D eigenvalue weighted by molar-refractivity contribution is 5.61. The fourth-order valence-electron chi connectivity index (χ4n) is 1.77. The van der Waals surface area contributed by atoms with Crippen LogP contribution in [0.5, 0.6) is 0 Å². The van der Waals surface area contributed by atoms with E-state index in [-0.39, 0.29) is 35.8 Å². The van der Waals surface area contributed by atoms with Gasteiger partial charge >= 0.3 is 0 Å². The summed E-state index contributed by atoms with van der Waals surface area (Å²) in [6.45, 7) is 0.569. The Bertz CT molecular complexity index is 533. The largest absolute Gasteiger partial charge is 0.384 e. The summed E-state index contributed by atoms with van der Waals surface area (Å²) in [5, 5.41) is 29.4. The van der Waals surface area contributed by atoms with Crippen molar-refractivity contribution >= 4 is 0 Å². The Morgan fingerprint density at radius 1 is 1.24 bits per heavy atom. The first-order valence-electron chi connectivity index (χ1n) is 4.70. The third kappa shape index (κ3) is 1.41. The van der Waals surface area contributed by atoms with E-state index in [0.717, 1.165) is 0 Å². The Morgan fingerprint density at radius 2 is 1.82 bits per heavy atom. The van der Waals surface area contributed by atoms with E-state index in [4.69, 9.17) is 31.0 Å². The van der Waals surface area contributed by atoms with Gasteiger partial charge in [0, 0.05) is 0 Å². The van der Waals surface area contributed by atoms with Gasteiger partial charge in [0.1, 0.15) is 35.2 Å². The van der Waals surface area contributed by atoms with E-state index in [2.05, 4.69) is 5.32 Å². The van der Waals surface area contributed by atoms with Crippen LogP contribution in [0.2, 0.25) is 0 Å². The lowest BCUT2D eigenvalue weighted by molar-refractivity contribution is -0.136. The van der Waals surface area contributed by atoms with Crippen LogP contribution in [0.25, 0.3) is 0 Å². The summed E-state index contributed by atoms with van der Waals surface area (Å²) < 4.78 is 10.7. The molecule has 2 aliphatic heterocycles. The molecule has 1 spiro atoms. The lowest BCUT2D eigenvalue weighted by Crippen LogP contribution is -2.44. The average molecular weight is 229 g/mol. The van der Waals surface area contributed by atoms with Gasteiger partial charge in [0.15, 0.2) is 0 Å². The number of rotatable bonds is 0. The Kier molecular flexibility index (Phi) is 2.45. The summed E-state index contributed by atoms with van der Waals surface area (Å²) in [6, 6.07) is 5.25. The maximum absolute atomic E-state index is 9.00. The number of nitriles is 3. The molecule has 0 radical (unpaired) electrons. The number of allylic oxidation sites excluding steroid dienone is 1. The van der Waals surface area contributed by atoms with E-state index >= 15 is 0 Å². The Morgan fingerprint density at radius 3 is 2.29 bits per heavy atom. The number of ether oxygens (including phenoxy) is 2. The van der Waals surface area contributed by atoms with Crippen molar-refractivity contribution < 1.29 is 9.47 Å². The van der Waals surface area contributed by atoms with Gasteiger partial charge in [-0.1, -0.05) is 0 Å². The van der Waals surface area contributed by atoms with Crippen LogP contribution in [0, 0.1) is 34.0 Å². The van der Waals surface area contributed by atoms with Gasteiger partial charge in [-0.25, -0.2) is 0 Å². The van der Waals surface area contributed by atoms with Crippen LogP contribution >= 0.6 is 0 Å². The standard InChI is InChI=1S/C10H7N5O2/c11-3-6(4-12)8-7(5-13)9(14)15-10(8)16-1-2-17-10/h15H,1-2,14H2. The SMILES string of the molecule is N#CC(C#N)=C1C(C#N)=C(N)NC12OCCO2. The number of nitrogens with zero attached hydrogens (tertiary/aromatic N) is 3. The van der Waals surface area contributed by atoms with Crippen molar-refractivity contribution in [3.63, 3.8) is 0 Å². The molecular formula is C10H7N5O2. The van der Waals surface area contributed by atoms with Gasteiger partial charge in [0.05, 0.1) is 18.8 Å². The van der Waals surface area contributed by atoms with Crippen molar-refractivity contribution in [1.82, 2.24) is 5.32 Å². The topological polar surface area (TPSA) is 128 Å². The highest BCUT2D eigenvalue weighted by atomic mass is 16.8. The summed E-state index contributed by atoms with van der Waals surface area (Å²) in [5.41, 5.74) is 5.42. The molecule has 2 rings (SSSR count). The van der Waals surface area contributed by atoms with Crippen molar-refractivity contribution in [3.8, 4) is 18.2 Å². The summed E-state index contributed by atoms with van der Waals surface area (Å²) in [6.07, 6.45) is 0. The molecule has 0 amide bonds. The zero-order valence-corrected chi connectivity index (χ0v) is 8.65. The molecular weight excluding hydrogens is 222 g/mol. The van der Waals surface area contributed by atoms with Crippen LogP contribution < -0.4 is 11.1 Å². The molecule has 0 aromatic heterocycles. The molecule has 2 aliphatic rings. The Labute approximate surface area is 96.9 Å². The van der Waals surface area contributed by atoms with Gasteiger partial charge < -0.3 is 20.5 Å². The molecule has 0 unspecified atom stereocenters. The molecule has 1 fully saturated rings. The fourth-order valence-corrected chi connectivity index (χ4v) is 1.77. The predicted octanol–water partition coefficient (Wildman–Crippen LogP) is -0.672. The minimum atomic E-state index is -1.46. The first kappa shape index (κ1) is 11.0. The minimum Gasteiger partial charge on any atom is -0.384 e. The minimum absolute atomic E-state index is 0.00463. The van der Waals surface area contributed by atoms with E-state index in [0.29, 0.717) is 0 Å². The molecule has 0 bridgehead atoms. The van der Waals surface area contributed by atoms with E-state index in [1.54, 1.807) is 12.1 Å². The molecule has 0 saturated carbocycles. The van der Waals surface area contributed by atoms with Crippen molar-refractivity contribution in [2.75, 3.05) is 13.2 Å². The average Bonchev–Trinajstić information content (AvgIpc) is 2.88. The van der Waals surface area contributed by atoms with Crippen molar-refractivity contribution in [2.45, 2.75) is 5.91 Å². The number of nitrogens with two attached hydrogens (primary N) is 1. The van der Waals surface area contributed by atoms with Gasteiger partial charge in [-0.2, -0.15) is 15.8 Å². The highest BCUT2D eigenvalue weighted by Gasteiger charge is 2.50. The summed E-state index contributed by atoms with van der Waals surface area (Å²) in [4.78, 5) is 0. The van der Waals surface area contributed by atoms with Crippen LogP contribution in [0.3, 0.4) is 0 Å². The molecule has 84 valence electrons. The van der Waals surface area contributed by atoms with Crippen LogP contribution in [-0.4, -0.2) is 19.1 Å². The van der Waals surface area contributed by atoms with Gasteiger partial charge in [0.2, 0.25) is 0 Å². The molecule has 2 heterocycles. The van der Waals surface area contributed by atoms with E-state index < -0.39 is 5.91 Å². The number of hydrogen-bond acceptors (Lipinski definition) is 7. The monoisotopic (exact) mass is 229 g/mol. The first-order valence-corrected chi connectivity index (χ1v) is 4.70.